The first-order valence-corrected chi connectivity index (χ1v) is 6.63. The Morgan fingerprint density at radius 2 is 1.96 bits per heavy atom. The molecule has 1 aromatic carbocycles. The fraction of sp³-hybridized carbons (Fsp3) is 0.357. The van der Waals surface area contributed by atoms with Crippen LogP contribution in [0.15, 0.2) is 18.2 Å². The summed E-state index contributed by atoms with van der Waals surface area (Å²) in [5.41, 5.74) is 0.266. The number of amides is 3. The Kier molecular flexibility index (Phi) is 6.52. The molecule has 0 spiro atoms. The van der Waals surface area contributed by atoms with E-state index in [1.165, 1.54) is 12.1 Å². The van der Waals surface area contributed by atoms with E-state index in [2.05, 4.69) is 10.6 Å². The zero-order valence-electron chi connectivity index (χ0n) is 12.6. The summed E-state index contributed by atoms with van der Waals surface area (Å²) in [4.78, 5) is 23.3. The van der Waals surface area contributed by atoms with Gasteiger partial charge in [-0.1, -0.05) is 0 Å². The molecule has 0 bridgehead atoms. The molecular weight excluding hydrogens is 332 g/mol. The van der Waals surface area contributed by atoms with Crippen LogP contribution in [0.1, 0.15) is 11.1 Å². The van der Waals surface area contributed by atoms with Gasteiger partial charge in [0.05, 0.1) is 18.2 Å². The third-order valence-corrected chi connectivity index (χ3v) is 2.86. The Morgan fingerprint density at radius 1 is 1.29 bits per heavy atom. The second kappa shape index (κ2) is 8.14. The maximum absolute atomic E-state index is 13.5. The SMILES string of the molecule is CN(CC(F)(F)F)C(=O)CNC(=O)NCc1cc(C#N)ccc1F. The standard InChI is InChI=1S/C14H14F4N4O2/c1-22(8-14(16,17)18)12(23)7-21-13(24)20-6-10-4-9(5-19)2-3-11(10)15/h2-4H,6-8H2,1H3,(H2,20,21,24). The number of rotatable bonds is 5. The lowest BCUT2D eigenvalue weighted by Gasteiger charge is -2.19. The summed E-state index contributed by atoms with van der Waals surface area (Å²) in [6, 6.07) is 4.55. The minimum Gasteiger partial charge on any atom is -0.335 e. The molecule has 0 heterocycles. The summed E-state index contributed by atoms with van der Waals surface area (Å²) >= 11 is 0. The van der Waals surface area contributed by atoms with Gasteiger partial charge in [0, 0.05) is 19.2 Å². The number of nitriles is 1. The van der Waals surface area contributed by atoms with E-state index in [-0.39, 0.29) is 17.7 Å². The predicted molar refractivity (Wildman–Crippen MR) is 75.0 cm³/mol. The Labute approximate surface area is 135 Å². The number of hydrogen-bond donors (Lipinski definition) is 2. The molecule has 0 aromatic heterocycles. The number of benzene rings is 1. The van der Waals surface area contributed by atoms with E-state index in [0.29, 0.717) is 4.90 Å². The molecule has 0 aliphatic carbocycles. The summed E-state index contributed by atoms with van der Waals surface area (Å²) in [5.74, 6) is -1.56. The predicted octanol–water partition coefficient (Wildman–Crippen LogP) is 1.52. The highest BCUT2D eigenvalue weighted by Crippen LogP contribution is 2.15. The van der Waals surface area contributed by atoms with Crippen LogP contribution in [0.4, 0.5) is 22.4 Å². The number of nitrogens with one attached hydrogen (secondary N) is 2. The molecular formula is C14H14F4N4O2. The molecule has 1 aromatic rings. The monoisotopic (exact) mass is 346 g/mol. The van der Waals surface area contributed by atoms with Crippen LogP contribution < -0.4 is 10.6 Å². The van der Waals surface area contributed by atoms with Crippen LogP contribution in [0.25, 0.3) is 0 Å². The maximum atomic E-state index is 13.5. The molecule has 0 aliphatic rings. The molecule has 0 saturated carbocycles. The number of nitrogens with zero attached hydrogens (tertiary/aromatic N) is 2. The van der Waals surface area contributed by atoms with Crippen molar-refractivity contribution in [2.24, 2.45) is 0 Å². The van der Waals surface area contributed by atoms with Crippen molar-refractivity contribution in [1.82, 2.24) is 15.5 Å². The van der Waals surface area contributed by atoms with Gasteiger partial charge in [-0.3, -0.25) is 4.79 Å². The van der Waals surface area contributed by atoms with Gasteiger partial charge in [-0.2, -0.15) is 18.4 Å². The van der Waals surface area contributed by atoms with E-state index in [0.717, 1.165) is 13.1 Å². The first-order valence-electron chi connectivity index (χ1n) is 6.63. The molecule has 0 fully saturated rings. The van der Waals surface area contributed by atoms with E-state index in [1.807, 2.05) is 6.07 Å². The average molecular weight is 346 g/mol. The normalized spacial score (nSPS) is 10.7. The maximum Gasteiger partial charge on any atom is 0.406 e. The third kappa shape index (κ3) is 6.51. The van der Waals surface area contributed by atoms with E-state index in [1.54, 1.807) is 0 Å². The molecule has 0 unspecified atom stereocenters. The van der Waals surface area contributed by atoms with Crippen LogP contribution in [0.2, 0.25) is 0 Å². The van der Waals surface area contributed by atoms with E-state index >= 15 is 0 Å². The summed E-state index contributed by atoms with van der Waals surface area (Å²) in [6.45, 7) is -2.32. The highest BCUT2D eigenvalue weighted by molar-refractivity contribution is 5.83. The van der Waals surface area contributed by atoms with Crippen molar-refractivity contribution >= 4 is 11.9 Å². The number of halogens is 4. The number of carbonyl (C=O) groups is 2. The zero-order valence-corrected chi connectivity index (χ0v) is 12.6. The number of hydrogen-bond acceptors (Lipinski definition) is 3. The van der Waals surface area contributed by atoms with E-state index in [9.17, 15) is 27.2 Å². The number of urea groups is 1. The summed E-state index contributed by atoms with van der Waals surface area (Å²) in [5, 5.41) is 13.0. The largest absolute Gasteiger partial charge is 0.406 e. The van der Waals surface area contributed by atoms with Crippen molar-refractivity contribution in [3.8, 4) is 6.07 Å². The Morgan fingerprint density at radius 3 is 2.54 bits per heavy atom. The van der Waals surface area contributed by atoms with E-state index < -0.39 is 37.0 Å². The Bertz CT molecular complexity index is 655. The molecule has 2 N–H and O–H groups in total. The van der Waals surface area contributed by atoms with Crippen molar-refractivity contribution in [3.63, 3.8) is 0 Å². The summed E-state index contributed by atoms with van der Waals surface area (Å²) in [7, 11) is 0.957. The minimum absolute atomic E-state index is 0.0599. The molecule has 0 radical (unpaired) electrons. The highest BCUT2D eigenvalue weighted by Gasteiger charge is 2.31. The fourth-order valence-electron chi connectivity index (χ4n) is 1.67. The van der Waals surface area contributed by atoms with Crippen LogP contribution in [-0.2, 0) is 11.3 Å². The van der Waals surface area contributed by atoms with Crippen LogP contribution >= 0.6 is 0 Å². The van der Waals surface area contributed by atoms with Crippen LogP contribution in [0, 0.1) is 17.1 Å². The van der Waals surface area contributed by atoms with Gasteiger partial charge in [-0.25, -0.2) is 9.18 Å². The van der Waals surface area contributed by atoms with Gasteiger partial charge < -0.3 is 15.5 Å². The lowest BCUT2D eigenvalue weighted by Crippen LogP contribution is -2.44. The van der Waals surface area contributed by atoms with Crippen molar-refractivity contribution in [3.05, 3.63) is 35.1 Å². The summed E-state index contributed by atoms with van der Waals surface area (Å²) < 4.78 is 49.8. The molecule has 3 amide bonds. The van der Waals surface area contributed by atoms with Crippen LogP contribution in [0.5, 0.6) is 0 Å². The van der Waals surface area contributed by atoms with Crippen LogP contribution in [0.3, 0.4) is 0 Å². The molecule has 6 nitrogen and oxygen atoms in total. The molecule has 10 heteroatoms. The zero-order chi connectivity index (χ0) is 18.3. The molecule has 0 aliphatic heterocycles. The minimum atomic E-state index is -4.53. The molecule has 0 saturated heterocycles. The van der Waals surface area contributed by atoms with Gasteiger partial charge >= 0.3 is 12.2 Å². The van der Waals surface area contributed by atoms with Gasteiger partial charge in [-0.05, 0) is 18.2 Å². The average Bonchev–Trinajstić information content (AvgIpc) is 2.50. The van der Waals surface area contributed by atoms with E-state index in [4.69, 9.17) is 5.26 Å². The second-order valence-electron chi connectivity index (χ2n) is 4.82. The Balaban J connectivity index is 2.45. The molecule has 0 atom stereocenters. The number of carbonyl (C=O) groups excluding carboxylic acids is 2. The second-order valence-corrected chi connectivity index (χ2v) is 4.82. The summed E-state index contributed by atoms with van der Waals surface area (Å²) in [6.07, 6.45) is -4.53. The van der Waals surface area contributed by atoms with Crippen molar-refractivity contribution in [2.45, 2.75) is 12.7 Å². The van der Waals surface area contributed by atoms with Gasteiger partial charge in [0.15, 0.2) is 0 Å². The van der Waals surface area contributed by atoms with Crippen LogP contribution in [-0.4, -0.2) is 43.2 Å². The van der Waals surface area contributed by atoms with Gasteiger partial charge in [0.25, 0.3) is 0 Å². The molecule has 130 valence electrons. The lowest BCUT2D eigenvalue weighted by molar-refractivity contribution is -0.157. The first-order chi connectivity index (χ1) is 11.1. The van der Waals surface area contributed by atoms with Crippen molar-refractivity contribution in [2.75, 3.05) is 20.1 Å². The topological polar surface area (TPSA) is 85.2 Å². The van der Waals surface area contributed by atoms with Gasteiger partial charge in [0.2, 0.25) is 5.91 Å². The molecule has 1 rings (SSSR count). The third-order valence-electron chi connectivity index (χ3n) is 2.86. The van der Waals surface area contributed by atoms with Gasteiger partial charge in [-0.15, -0.1) is 0 Å². The quantitative estimate of drug-likeness (QED) is 0.793. The number of alkyl halides is 3. The highest BCUT2D eigenvalue weighted by atomic mass is 19.4. The lowest BCUT2D eigenvalue weighted by atomic mass is 10.1. The molecule has 24 heavy (non-hydrogen) atoms. The first kappa shape index (κ1) is 19.2. The number of likely N-dealkylation sites (N-methyl/N-ethyl adjacent to an activating group) is 1. The fourth-order valence-corrected chi connectivity index (χ4v) is 1.67. The van der Waals surface area contributed by atoms with Crippen molar-refractivity contribution in [1.29, 1.82) is 5.26 Å². The van der Waals surface area contributed by atoms with Gasteiger partial charge in [0.1, 0.15) is 12.4 Å². The smallest absolute Gasteiger partial charge is 0.335 e. The van der Waals surface area contributed by atoms with Crippen molar-refractivity contribution < 1.29 is 27.2 Å². The Hall–Kier alpha value is -2.83.